The van der Waals surface area contributed by atoms with E-state index in [1.54, 1.807) is 24.4 Å². The van der Waals surface area contributed by atoms with Crippen LogP contribution in [-0.4, -0.2) is 70.4 Å². The fraction of sp³-hybridized carbons (Fsp3) is 0.346. The Kier molecular flexibility index (Phi) is 7.08. The smallest absolute Gasteiger partial charge is 0.335 e. The van der Waals surface area contributed by atoms with Crippen LogP contribution in [0.15, 0.2) is 65.2 Å². The zero-order valence-corrected chi connectivity index (χ0v) is 20.1. The van der Waals surface area contributed by atoms with Crippen molar-refractivity contribution in [2.24, 2.45) is 0 Å². The maximum Gasteiger partial charge on any atom is 0.335 e. The lowest BCUT2D eigenvalue weighted by atomic mass is 10.0. The third kappa shape index (κ3) is 5.22. The Bertz CT molecular complexity index is 1180. The van der Waals surface area contributed by atoms with E-state index in [-0.39, 0.29) is 17.6 Å². The molecule has 0 spiro atoms. The molecular weight excluding hydrogens is 464 g/mol. The van der Waals surface area contributed by atoms with Crippen molar-refractivity contribution in [3.63, 3.8) is 0 Å². The van der Waals surface area contributed by atoms with E-state index in [9.17, 15) is 9.90 Å². The molecule has 2 saturated heterocycles. The second-order valence-corrected chi connectivity index (χ2v) is 9.10. The zero-order chi connectivity index (χ0) is 24.2. The highest BCUT2D eigenvalue weighted by Crippen LogP contribution is 2.40. The number of carboxylic acids is 1. The number of benzene rings is 1. The number of furan rings is 1. The summed E-state index contributed by atoms with van der Waals surface area (Å²) in [6.07, 6.45) is 2.74. The summed E-state index contributed by atoms with van der Waals surface area (Å²) in [7, 11) is 0. The van der Waals surface area contributed by atoms with Crippen molar-refractivity contribution in [2.45, 2.75) is 18.5 Å². The lowest BCUT2D eigenvalue weighted by Crippen LogP contribution is -2.38. The molecule has 2 N–H and O–H groups in total. The average molecular weight is 493 g/mol. The molecule has 0 amide bonds. The zero-order valence-electron chi connectivity index (χ0n) is 19.3. The van der Waals surface area contributed by atoms with E-state index < -0.39 is 5.97 Å². The SMILES string of the molecule is O=C(O)c1cccc(-c2ccc([C@H]3[C@H](c4ccccn4)NC(=S)N3CCCN3CCOCC3)o2)c1. The van der Waals surface area contributed by atoms with Gasteiger partial charge in [-0.1, -0.05) is 18.2 Å². The summed E-state index contributed by atoms with van der Waals surface area (Å²) in [5, 5.41) is 13.5. The van der Waals surface area contributed by atoms with E-state index in [4.69, 9.17) is 21.4 Å². The molecule has 4 heterocycles. The molecule has 1 aromatic carbocycles. The number of ether oxygens (including phenoxy) is 1. The van der Waals surface area contributed by atoms with Crippen LogP contribution < -0.4 is 5.32 Å². The largest absolute Gasteiger partial charge is 0.478 e. The van der Waals surface area contributed by atoms with E-state index in [0.717, 1.165) is 62.8 Å². The number of morpholine rings is 1. The van der Waals surface area contributed by atoms with Crippen molar-refractivity contribution in [3.05, 3.63) is 77.8 Å². The van der Waals surface area contributed by atoms with Gasteiger partial charge in [-0.2, -0.15) is 0 Å². The number of nitrogens with zero attached hydrogens (tertiary/aromatic N) is 3. The highest BCUT2D eigenvalue weighted by Gasteiger charge is 2.41. The maximum absolute atomic E-state index is 11.4. The topological polar surface area (TPSA) is 91.1 Å². The highest BCUT2D eigenvalue weighted by molar-refractivity contribution is 7.80. The first kappa shape index (κ1) is 23.5. The van der Waals surface area contributed by atoms with Gasteiger partial charge < -0.3 is 24.5 Å². The Labute approximate surface area is 209 Å². The second kappa shape index (κ2) is 10.6. The van der Waals surface area contributed by atoms with E-state index in [2.05, 4.69) is 20.1 Å². The molecule has 0 bridgehead atoms. The van der Waals surface area contributed by atoms with Gasteiger partial charge >= 0.3 is 5.97 Å². The predicted octanol–water partition coefficient (Wildman–Crippen LogP) is 3.73. The molecule has 2 atom stereocenters. The van der Waals surface area contributed by atoms with Crippen molar-refractivity contribution in [1.82, 2.24) is 20.1 Å². The van der Waals surface area contributed by atoms with Crippen molar-refractivity contribution in [3.8, 4) is 11.3 Å². The van der Waals surface area contributed by atoms with Crippen LogP contribution in [0.3, 0.4) is 0 Å². The van der Waals surface area contributed by atoms with E-state index in [1.807, 2.05) is 36.4 Å². The van der Waals surface area contributed by atoms with Crippen molar-refractivity contribution in [2.75, 3.05) is 39.4 Å². The molecule has 8 nitrogen and oxygen atoms in total. The molecule has 0 saturated carbocycles. The van der Waals surface area contributed by atoms with Crippen molar-refractivity contribution in [1.29, 1.82) is 0 Å². The standard InChI is InChI=1S/C26H28N4O4S/c31-25(32)19-6-3-5-18(17-19)21-8-9-22(34-21)24-23(20-7-1-2-10-27-20)28-26(35)30(24)12-4-11-29-13-15-33-16-14-29/h1-3,5-10,17,23-24H,4,11-16H2,(H,28,35)(H,31,32)/t23-,24-/m0/s1. The minimum atomic E-state index is -0.967. The summed E-state index contributed by atoms with van der Waals surface area (Å²) in [6, 6.07) is 16.1. The number of hydrogen-bond donors (Lipinski definition) is 2. The van der Waals surface area contributed by atoms with Crippen LogP contribution in [0.5, 0.6) is 0 Å². The number of aromatic nitrogens is 1. The van der Waals surface area contributed by atoms with Gasteiger partial charge in [0.1, 0.15) is 17.6 Å². The van der Waals surface area contributed by atoms with Gasteiger partial charge in [0.15, 0.2) is 5.11 Å². The van der Waals surface area contributed by atoms with Gasteiger partial charge in [-0.3, -0.25) is 9.88 Å². The number of carboxylic acid groups (broad SMARTS) is 1. The molecule has 2 aliphatic heterocycles. The summed E-state index contributed by atoms with van der Waals surface area (Å²) < 4.78 is 11.8. The first-order chi connectivity index (χ1) is 17.1. The molecular formula is C26H28N4O4S. The highest BCUT2D eigenvalue weighted by atomic mass is 32.1. The fourth-order valence-corrected chi connectivity index (χ4v) is 5.05. The number of rotatable bonds is 8. The summed E-state index contributed by atoms with van der Waals surface area (Å²) in [6.45, 7) is 5.24. The Balaban J connectivity index is 1.40. The molecule has 3 aromatic rings. The number of hydrogen-bond acceptors (Lipinski definition) is 6. The van der Waals surface area contributed by atoms with E-state index >= 15 is 0 Å². The Morgan fingerprint density at radius 2 is 1.97 bits per heavy atom. The first-order valence-corrected chi connectivity index (χ1v) is 12.2. The van der Waals surface area contributed by atoms with E-state index in [1.165, 1.54) is 0 Å². The van der Waals surface area contributed by atoms with Gasteiger partial charge in [0.25, 0.3) is 0 Å². The molecule has 0 unspecified atom stereocenters. The lowest BCUT2D eigenvalue weighted by Gasteiger charge is -2.29. The number of pyridine rings is 1. The van der Waals surface area contributed by atoms with Gasteiger partial charge in [-0.15, -0.1) is 0 Å². The third-order valence-corrected chi connectivity index (χ3v) is 6.84. The van der Waals surface area contributed by atoms with Gasteiger partial charge in [0.2, 0.25) is 0 Å². The van der Waals surface area contributed by atoms with Gasteiger partial charge in [-0.25, -0.2) is 4.79 Å². The second-order valence-electron chi connectivity index (χ2n) is 8.72. The molecule has 2 fully saturated rings. The van der Waals surface area contributed by atoms with Gasteiger partial charge in [0.05, 0.1) is 30.5 Å². The maximum atomic E-state index is 11.4. The van der Waals surface area contributed by atoms with Crippen LogP contribution in [0.2, 0.25) is 0 Å². The van der Waals surface area contributed by atoms with Crippen LogP contribution in [0.25, 0.3) is 11.3 Å². The molecule has 182 valence electrons. The Hall–Kier alpha value is -3.27. The van der Waals surface area contributed by atoms with E-state index in [0.29, 0.717) is 10.9 Å². The number of carbonyl (C=O) groups is 1. The van der Waals surface area contributed by atoms with Gasteiger partial charge in [-0.05, 0) is 55.0 Å². The third-order valence-electron chi connectivity index (χ3n) is 6.49. The summed E-state index contributed by atoms with van der Waals surface area (Å²) in [4.78, 5) is 20.6. The predicted molar refractivity (Wildman–Crippen MR) is 135 cm³/mol. The average Bonchev–Trinajstić information content (AvgIpc) is 3.50. The molecule has 9 heteroatoms. The van der Waals surface area contributed by atoms with Crippen molar-refractivity contribution < 1.29 is 19.1 Å². The lowest BCUT2D eigenvalue weighted by molar-refractivity contribution is 0.0365. The number of thiocarbonyl (C=S) groups is 1. The van der Waals surface area contributed by atoms with Crippen molar-refractivity contribution >= 4 is 23.3 Å². The molecule has 0 radical (unpaired) electrons. The minimum Gasteiger partial charge on any atom is -0.478 e. The van der Waals surface area contributed by atoms with Gasteiger partial charge in [0, 0.05) is 37.9 Å². The quantitative estimate of drug-likeness (QED) is 0.456. The summed E-state index contributed by atoms with van der Waals surface area (Å²) in [5.41, 5.74) is 1.83. The molecule has 2 aliphatic rings. The summed E-state index contributed by atoms with van der Waals surface area (Å²) in [5.74, 6) is 0.412. The normalized spacial score (nSPS) is 20.7. The molecule has 5 rings (SSSR count). The van der Waals surface area contributed by atoms with Crippen LogP contribution in [-0.2, 0) is 4.74 Å². The molecule has 0 aliphatic carbocycles. The monoisotopic (exact) mass is 492 g/mol. The minimum absolute atomic E-state index is 0.156. The fourth-order valence-electron chi connectivity index (χ4n) is 4.72. The number of aromatic carboxylic acids is 1. The van der Waals surface area contributed by atoms with Crippen LogP contribution in [0.1, 0.15) is 40.3 Å². The Morgan fingerprint density at radius 3 is 2.74 bits per heavy atom. The molecule has 2 aromatic heterocycles. The summed E-state index contributed by atoms with van der Waals surface area (Å²) >= 11 is 5.76. The van der Waals surface area contributed by atoms with Crippen LogP contribution >= 0.6 is 12.2 Å². The van der Waals surface area contributed by atoms with Crippen LogP contribution in [0.4, 0.5) is 0 Å². The Morgan fingerprint density at radius 1 is 1.11 bits per heavy atom. The first-order valence-electron chi connectivity index (χ1n) is 11.8. The number of nitrogens with one attached hydrogen (secondary N) is 1. The molecule has 35 heavy (non-hydrogen) atoms. The van der Waals surface area contributed by atoms with Crippen LogP contribution in [0, 0.1) is 0 Å².